The molecule has 0 heterocycles. The van der Waals surface area contributed by atoms with Crippen molar-refractivity contribution in [3.8, 4) is 0 Å². The highest BCUT2D eigenvalue weighted by molar-refractivity contribution is 5.94. The van der Waals surface area contributed by atoms with Gasteiger partial charge in [0, 0.05) is 0 Å². The van der Waals surface area contributed by atoms with Gasteiger partial charge in [-0.25, -0.2) is 0 Å². The van der Waals surface area contributed by atoms with Crippen LogP contribution < -0.4 is 0 Å². The number of carboxylic acids is 1. The fourth-order valence-electron chi connectivity index (χ4n) is 2.59. The molecule has 1 aliphatic carbocycles. The van der Waals surface area contributed by atoms with Crippen molar-refractivity contribution in [1.29, 1.82) is 0 Å². The number of hydrogen-bond donors (Lipinski definition) is 1. The van der Waals surface area contributed by atoms with Gasteiger partial charge in [-0.05, 0) is 39.5 Å². The van der Waals surface area contributed by atoms with Crippen LogP contribution in [0, 0.1) is 11.8 Å². The van der Waals surface area contributed by atoms with Crippen molar-refractivity contribution in [1.82, 2.24) is 0 Å². The van der Waals surface area contributed by atoms with E-state index in [4.69, 9.17) is 9.84 Å². The minimum absolute atomic E-state index is 0.398. The third kappa shape index (κ3) is 6.08. The Morgan fingerprint density at radius 2 is 1.79 bits per heavy atom. The van der Waals surface area contributed by atoms with Gasteiger partial charge in [0.15, 0.2) is 5.92 Å². The smallest absolute Gasteiger partial charge is 0.320 e. The van der Waals surface area contributed by atoms with Crippen molar-refractivity contribution in [2.75, 3.05) is 0 Å². The van der Waals surface area contributed by atoms with Gasteiger partial charge in [0.25, 0.3) is 0 Å². The van der Waals surface area contributed by atoms with Crippen LogP contribution in [0.15, 0.2) is 0 Å². The summed E-state index contributed by atoms with van der Waals surface area (Å²) in [6.07, 6.45) is 7.29. The minimum Gasteiger partial charge on any atom is -0.481 e. The molecule has 0 amide bonds. The van der Waals surface area contributed by atoms with E-state index in [2.05, 4.69) is 0 Å². The number of carbonyl (C=O) groups excluding carboxylic acids is 1. The molecule has 4 heteroatoms. The summed E-state index contributed by atoms with van der Waals surface area (Å²) in [5.74, 6) is -2.10. The van der Waals surface area contributed by atoms with Gasteiger partial charge in [-0.3, -0.25) is 9.59 Å². The van der Waals surface area contributed by atoms with Crippen LogP contribution in [0.2, 0.25) is 0 Å². The zero-order valence-corrected chi connectivity index (χ0v) is 12.3. The SMILES string of the molecule is CC(C)(C)OC(=O)C(CCC1CCCCC1)C(=O)O. The second kappa shape index (κ2) is 6.92. The first-order valence-corrected chi connectivity index (χ1v) is 7.25. The topological polar surface area (TPSA) is 63.6 Å². The molecule has 1 aliphatic rings. The summed E-state index contributed by atoms with van der Waals surface area (Å²) in [6.45, 7) is 5.26. The first-order valence-electron chi connectivity index (χ1n) is 7.25. The minimum atomic E-state index is -1.06. The Hall–Kier alpha value is -1.06. The van der Waals surface area contributed by atoms with Gasteiger partial charge in [0.1, 0.15) is 5.60 Å². The van der Waals surface area contributed by atoms with Crippen molar-refractivity contribution >= 4 is 11.9 Å². The standard InChI is InChI=1S/C15H26O4/c1-15(2,3)19-14(18)12(13(16)17)10-9-11-7-5-4-6-8-11/h11-12H,4-10H2,1-3H3,(H,16,17). The van der Waals surface area contributed by atoms with Gasteiger partial charge in [-0.15, -0.1) is 0 Å². The van der Waals surface area contributed by atoms with E-state index in [1.165, 1.54) is 32.1 Å². The molecule has 19 heavy (non-hydrogen) atoms. The number of aliphatic carboxylic acids is 1. The number of esters is 1. The summed E-state index contributed by atoms with van der Waals surface area (Å²) in [5.41, 5.74) is -0.629. The highest BCUT2D eigenvalue weighted by Crippen LogP contribution is 2.29. The molecule has 0 radical (unpaired) electrons. The van der Waals surface area contributed by atoms with E-state index in [0.29, 0.717) is 12.3 Å². The van der Waals surface area contributed by atoms with E-state index < -0.39 is 23.5 Å². The summed E-state index contributed by atoms with van der Waals surface area (Å²) >= 11 is 0. The van der Waals surface area contributed by atoms with E-state index in [1.807, 2.05) is 0 Å². The van der Waals surface area contributed by atoms with Crippen LogP contribution in [-0.4, -0.2) is 22.6 Å². The van der Waals surface area contributed by atoms with E-state index in [-0.39, 0.29) is 0 Å². The summed E-state index contributed by atoms with van der Waals surface area (Å²) < 4.78 is 5.18. The molecule has 1 atom stereocenters. The number of carboxylic acid groups (broad SMARTS) is 1. The second-order valence-corrected chi connectivity index (χ2v) is 6.51. The Bertz CT molecular complexity index is 311. The van der Waals surface area contributed by atoms with Crippen molar-refractivity contribution in [2.45, 2.75) is 71.3 Å². The van der Waals surface area contributed by atoms with Crippen molar-refractivity contribution in [3.05, 3.63) is 0 Å². The predicted molar refractivity (Wildman–Crippen MR) is 72.8 cm³/mol. The average molecular weight is 270 g/mol. The molecule has 0 spiro atoms. The van der Waals surface area contributed by atoms with Gasteiger partial charge in [0.2, 0.25) is 0 Å². The fraction of sp³-hybridized carbons (Fsp3) is 0.867. The van der Waals surface area contributed by atoms with E-state index >= 15 is 0 Å². The Labute approximate surface area is 115 Å². The lowest BCUT2D eigenvalue weighted by atomic mass is 9.84. The Morgan fingerprint density at radius 1 is 1.21 bits per heavy atom. The van der Waals surface area contributed by atoms with Gasteiger partial charge >= 0.3 is 11.9 Å². The van der Waals surface area contributed by atoms with Crippen molar-refractivity contribution in [2.24, 2.45) is 11.8 Å². The van der Waals surface area contributed by atoms with Gasteiger partial charge in [0.05, 0.1) is 0 Å². The molecule has 1 saturated carbocycles. The molecule has 1 N–H and O–H groups in total. The van der Waals surface area contributed by atoms with Crippen LogP contribution in [-0.2, 0) is 14.3 Å². The van der Waals surface area contributed by atoms with E-state index in [9.17, 15) is 9.59 Å². The number of hydrogen-bond acceptors (Lipinski definition) is 3. The van der Waals surface area contributed by atoms with Gasteiger partial charge < -0.3 is 9.84 Å². The van der Waals surface area contributed by atoms with Crippen LogP contribution in [0.25, 0.3) is 0 Å². The Kier molecular flexibility index (Phi) is 5.83. The molecular formula is C15H26O4. The highest BCUT2D eigenvalue weighted by Gasteiger charge is 2.31. The van der Waals surface area contributed by atoms with E-state index in [1.54, 1.807) is 20.8 Å². The first kappa shape index (κ1) is 16.0. The highest BCUT2D eigenvalue weighted by atomic mass is 16.6. The molecule has 0 aromatic heterocycles. The summed E-state index contributed by atoms with van der Waals surface area (Å²) in [6, 6.07) is 0. The molecule has 1 unspecified atom stereocenters. The first-order chi connectivity index (χ1) is 8.79. The summed E-state index contributed by atoms with van der Waals surface area (Å²) in [7, 11) is 0. The molecule has 0 aliphatic heterocycles. The average Bonchev–Trinajstić information content (AvgIpc) is 2.27. The summed E-state index contributed by atoms with van der Waals surface area (Å²) in [4.78, 5) is 23.1. The molecule has 0 aromatic carbocycles. The number of rotatable bonds is 5. The lowest BCUT2D eigenvalue weighted by Crippen LogP contribution is -2.33. The van der Waals surface area contributed by atoms with Crippen molar-refractivity contribution < 1.29 is 19.4 Å². The maximum Gasteiger partial charge on any atom is 0.320 e. The molecule has 0 saturated heterocycles. The van der Waals surface area contributed by atoms with E-state index in [0.717, 1.165) is 6.42 Å². The number of ether oxygens (including phenoxy) is 1. The fourth-order valence-corrected chi connectivity index (χ4v) is 2.59. The molecule has 110 valence electrons. The zero-order valence-electron chi connectivity index (χ0n) is 12.3. The second-order valence-electron chi connectivity index (χ2n) is 6.51. The maximum atomic E-state index is 11.9. The van der Waals surface area contributed by atoms with Gasteiger partial charge in [-0.2, -0.15) is 0 Å². The molecule has 4 nitrogen and oxygen atoms in total. The van der Waals surface area contributed by atoms with Gasteiger partial charge in [-0.1, -0.05) is 32.1 Å². The van der Waals surface area contributed by atoms with Crippen molar-refractivity contribution in [3.63, 3.8) is 0 Å². The zero-order chi connectivity index (χ0) is 14.5. The third-order valence-electron chi connectivity index (χ3n) is 3.58. The molecule has 0 aromatic rings. The molecule has 1 rings (SSSR count). The van der Waals surface area contributed by atoms with Crippen LogP contribution >= 0.6 is 0 Å². The maximum absolute atomic E-state index is 11.9. The predicted octanol–water partition coefficient (Wildman–Crippen LogP) is 3.39. The Balaban J connectivity index is 2.48. The van der Waals surface area contributed by atoms with Crippen LogP contribution in [0.1, 0.15) is 65.7 Å². The van der Waals surface area contributed by atoms with Crippen LogP contribution in [0.4, 0.5) is 0 Å². The molecule has 0 bridgehead atoms. The molecule has 1 fully saturated rings. The summed E-state index contributed by atoms with van der Waals surface area (Å²) in [5, 5.41) is 9.17. The third-order valence-corrected chi connectivity index (χ3v) is 3.58. The normalized spacial score (nSPS) is 18.9. The quantitative estimate of drug-likeness (QED) is 0.614. The lowest BCUT2D eigenvalue weighted by molar-refractivity contribution is -0.167. The lowest BCUT2D eigenvalue weighted by Gasteiger charge is -2.24. The van der Waals surface area contributed by atoms with Crippen LogP contribution in [0.5, 0.6) is 0 Å². The largest absolute Gasteiger partial charge is 0.481 e. The van der Waals surface area contributed by atoms with Crippen LogP contribution in [0.3, 0.4) is 0 Å². The number of carbonyl (C=O) groups is 2. The Morgan fingerprint density at radius 3 is 2.26 bits per heavy atom. The molecular weight excluding hydrogens is 244 g/mol. The monoisotopic (exact) mass is 270 g/mol.